The molecule has 1 aliphatic heterocycles. The van der Waals surface area contributed by atoms with E-state index in [1.807, 2.05) is 11.8 Å². The minimum Gasteiger partial charge on any atom is -0.481 e. The number of hydrogen-bond acceptors (Lipinski definition) is 5. The highest BCUT2D eigenvalue weighted by Gasteiger charge is 2.22. The van der Waals surface area contributed by atoms with Gasteiger partial charge in [-0.15, -0.1) is 11.8 Å². The van der Waals surface area contributed by atoms with Gasteiger partial charge in [-0.3, -0.25) is 19.3 Å². The summed E-state index contributed by atoms with van der Waals surface area (Å²) in [7, 11) is 0. The molecule has 7 nitrogen and oxygen atoms in total. The number of thioether (sulfide) groups is 1. The lowest BCUT2D eigenvalue weighted by Crippen LogP contribution is -2.51. The zero-order valence-electron chi connectivity index (χ0n) is 11.6. The van der Waals surface area contributed by atoms with Crippen molar-refractivity contribution in [3.63, 3.8) is 0 Å². The van der Waals surface area contributed by atoms with E-state index in [-0.39, 0.29) is 23.3 Å². The summed E-state index contributed by atoms with van der Waals surface area (Å²) < 4.78 is 0. The molecule has 0 aromatic carbocycles. The topological polar surface area (TPSA) is 90.0 Å². The van der Waals surface area contributed by atoms with E-state index in [1.165, 1.54) is 0 Å². The lowest BCUT2D eigenvalue weighted by Gasteiger charge is -2.34. The highest BCUT2D eigenvalue weighted by molar-refractivity contribution is 8.00. The monoisotopic (exact) mass is 303 g/mol. The molecule has 0 aliphatic carbocycles. The lowest BCUT2D eigenvalue weighted by molar-refractivity contribution is -0.134. The zero-order chi connectivity index (χ0) is 15.0. The summed E-state index contributed by atoms with van der Waals surface area (Å²) in [5.41, 5.74) is 0. The van der Waals surface area contributed by atoms with Gasteiger partial charge in [-0.25, -0.2) is 0 Å². The molecule has 8 heteroatoms. The number of piperazine rings is 1. The fourth-order valence-electron chi connectivity index (χ4n) is 1.93. The van der Waals surface area contributed by atoms with Gasteiger partial charge in [0.2, 0.25) is 11.8 Å². The third-order valence-corrected chi connectivity index (χ3v) is 3.82. The number of amides is 2. The second kappa shape index (κ2) is 8.80. The summed E-state index contributed by atoms with van der Waals surface area (Å²) in [4.78, 5) is 37.4. The van der Waals surface area contributed by atoms with Crippen LogP contribution in [0.2, 0.25) is 0 Å². The second-order valence-corrected chi connectivity index (χ2v) is 5.48. The lowest BCUT2D eigenvalue weighted by atomic mass is 10.3. The normalized spacial score (nSPS) is 15.9. The van der Waals surface area contributed by atoms with Crippen LogP contribution in [0, 0.1) is 0 Å². The van der Waals surface area contributed by atoms with Crippen LogP contribution in [0.5, 0.6) is 0 Å². The Hall–Kier alpha value is -1.28. The molecule has 0 atom stereocenters. The van der Waals surface area contributed by atoms with Crippen molar-refractivity contribution in [2.24, 2.45) is 0 Å². The van der Waals surface area contributed by atoms with Crippen molar-refractivity contribution in [2.75, 3.05) is 50.8 Å². The van der Waals surface area contributed by atoms with E-state index in [4.69, 9.17) is 5.11 Å². The molecule has 20 heavy (non-hydrogen) atoms. The third kappa shape index (κ3) is 6.25. The number of rotatable bonds is 7. The van der Waals surface area contributed by atoms with Gasteiger partial charge in [-0.1, -0.05) is 0 Å². The van der Waals surface area contributed by atoms with Crippen LogP contribution in [0.25, 0.3) is 0 Å². The molecule has 0 radical (unpaired) electrons. The minimum atomic E-state index is -0.908. The first-order chi connectivity index (χ1) is 9.52. The van der Waals surface area contributed by atoms with Gasteiger partial charge in [-0.05, 0) is 6.92 Å². The number of carbonyl (C=O) groups excluding carboxylic acids is 2. The molecule has 2 amide bonds. The average Bonchev–Trinajstić information content (AvgIpc) is 2.39. The quantitative estimate of drug-likeness (QED) is 0.632. The van der Waals surface area contributed by atoms with E-state index < -0.39 is 5.97 Å². The van der Waals surface area contributed by atoms with E-state index >= 15 is 0 Å². The number of aliphatic carboxylic acids is 1. The van der Waals surface area contributed by atoms with E-state index in [1.54, 1.807) is 4.90 Å². The number of carboxylic acids is 1. The Morgan fingerprint density at radius 3 is 2.35 bits per heavy atom. The number of likely N-dealkylation sites (N-methyl/N-ethyl adjacent to an activating group) is 1. The third-order valence-electron chi connectivity index (χ3n) is 2.92. The molecule has 0 aromatic heterocycles. The number of nitrogens with one attached hydrogen (secondary N) is 1. The first-order valence-electron chi connectivity index (χ1n) is 6.59. The molecule has 1 heterocycles. The summed E-state index contributed by atoms with van der Waals surface area (Å²) in [5, 5.41) is 11.3. The predicted octanol–water partition coefficient (Wildman–Crippen LogP) is -0.915. The second-order valence-electron chi connectivity index (χ2n) is 4.50. The molecule has 0 unspecified atom stereocenters. The van der Waals surface area contributed by atoms with Gasteiger partial charge < -0.3 is 15.3 Å². The van der Waals surface area contributed by atoms with Crippen molar-refractivity contribution >= 4 is 29.5 Å². The van der Waals surface area contributed by atoms with E-state index in [0.29, 0.717) is 39.3 Å². The minimum absolute atomic E-state index is 0.00397. The average molecular weight is 303 g/mol. The Balaban J connectivity index is 2.22. The van der Waals surface area contributed by atoms with Crippen molar-refractivity contribution in [1.29, 1.82) is 0 Å². The van der Waals surface area contributed by atoms with Crippen LogP contribution in [-0.4, -0.2) is 83.5 Å². The van der Waals surface area contributed by atoms with Gasteiger partial charge >= 0.3 is 5.97 Å². The van der Waals surface area contributed by atoms with Gasteiger partial charge in [-0.2, -0.15) is 0 Å². The Labute approximate surface area is 122 Å². The van der Waals surface area contributed by atoms with E-state index in [9.17, 15) is 14.4 Å². The van der Waals surface area contributed by atoms with Gasteiger partial charge in [0.05, 0.1) is 18.1 Å². The SMILES string of the molecule is CCNC(=O)CN1CCN(C(=O)CSCC(=O)O)CC1. The van der Waals surface area contributed by atoms with Crippen molar-refractivity contribution in [2.45, 2.75) is 6.92 Å². The van der Waals surface area contributed by atoms with Gasteiger partial charge in [0.15, 0.2) is 0 Å². The van der Waals surface area contributed by atoms with Crippen LogP contribution < -0.4 is 5.32 Å². The molecule has 1 rings (SSSR count). The number of carboxylic acid groups (broad SMARTS) is 1. The van der Waals surface area contributed by atoms with Gasteiger partial charge in [0, 0.05) is 32.7 Å². The molecular formula is C12H21N3O4S. The molecular weight excluding hydrogens is 282 g/mol. The Bertz CT molecular complexity index is 357. The Morgan fingerprint density at radius 2 is 1.80 bits per heavy atom. The maximum Gasteiger partial charge on any atom is 0.313 e. The fourth-order valence-corrected chi connectivity index (χ4v) is 2.56. The maximum absolute atomic E-state index is 11.8. The first-order valence-corrected chi connectivity index (χ1v) is 7.74. The van der Waals surface area contributed by atoms with Crippen LogP contribution in [0.1, 0.15) is 6.92 Å². The highest BCUT2D eigenvalue weighted by atomic mass is 32.2. The zero-order valence-corrected chi connectivity index (χ0v) is 12.4. The molecule has 2 N–H and O–H groups in total. The maximum atomic E-state index is 11.8. The van der Waals surface area contributed by atoms with Crippen LogP contribution in [0.4, 0.5) is 0 Å². The number of hydrogen-bond donors (Lipinski definition) is 2. The van der Waals surface area contributed by atoms with E-state index in [2.05, 4.69) is 5.32 Å². The number of nitrogens with zero attached hydrogens (tertiary/aromatic N) is 2. The smallest absolute Gasteiger partial charge is 0.313 e. The van der Waals surface area contributed by atoms with Crippen molar-refractivity contribution in [3.8, 4) is 0 Å². The summed E-state index contributed by atoms with van der Waals surface area (Å²) in [6.45, 7) is 5.39. The Kier molecular flexibility index (Phi) is 7.38. The van der Waals surface area contributed by atoms with Gasteiger partial charge in [0.1, 0.15) is 0 Å². The van der Waals surface area contributed by atoms with Crippen LogP contribution in [0.15, 0.2) is 0 Å². The molecule has 1 aliphatic rings. The summed E-state index contributed by atoms with van der Waals surface area (Å²) in [5.74, 6) is -0.793. The highest BCUT2D eigenvalue weighted by Crippen LogP contribution is 2.06. The first kappa shape index (κ1) is 16.8. The molecule has 0 saturated carbocycles. The van der Waals surface area contributed by atoms with Gasteiger partial charge in [0.25, 0.3) is 0 Å². The largest absolute Gasteiger partial charge is 0.481 e. The van der Waals surface area contributed by atoms with Crippen LogP contribution in [-0.2, 0) is 14.4 Å². The summed E-state index contributed by atoms with van der Waals surface area (Å²) >= 11 is 1.11. The van der Waals surface area contributed by atoms with Crippen molar-refractivity contribution in [3.05, 3.63) is 0 Å². The van der Waals surface area contributed by atoms with Crippen LogP contribution >= 0.6 is 11.8 Å². The number of carbonyl (C=O) groups is 3. The molecule has 0 aromatic rings. The standard InChI is InChI=1S/C12H21N3O4S/c1-2-13-10(16)7-14-3-5-15(6-4-14)11(17)8-20-9-12(18)19/h2-9H2,1H3,(H,13,16)(H,18,19). The molecule has 0 spiro atoms. The fraction of sp³-hybridized carbons (Fsp3) is 0.750. The summed E-state index contributed by atoms with van der Waals surface area (Å²) in [6.07, 6.45) is 0. The molecule has 1 fully saturated rings. The van der Waals surface area contributed by atoms with Crippen LogP contribution in [0.3, 0.4) is 0 Å². The summed E-state index contributed by atoms with van der Waals surface area (Å²) in [6, 6.07) is 0. The van der Waals surface area contributed by atoms with Crippen molar-refractivity contribution in [1.82, 2.24) is 15.1 Å². The van der Waals surface area contributed by atoms with Crippen molar-refractivity contribution < 1.29 is 19.5 Å². The molecule has 114 valence electrons. The van der Waals surface area contributed by atoms with E-state index in [0.717, 1.165) is 11.8 Å². The molecule has 0 bridgehead atoms. The predicted molar refractivity (Wildman–Crippen MR) is 76.7 cm³/mol. The Morgan fingerprint density at radius 1 is 1.15 bits per heavy atom. The molecule has 1 saturated heterocycles.